The molecule has 1 saturated heterocycles. The van der Waals surface area contributed by atoms with E-state index in [1.54, 1.807) is 12.0 Å². The van der Waals surface area contributed by atoms with Gasteiger partial charge in [-0.2, -0.15) is 0 Å². The second kappa shape index (κ2) is 8.47. The molecule has 118 valence electrons. The molecule has 5 nitrogen and oxygen atoms in total. The first-order valence-corrected chi connectivity index (χ1v) is 7.47. The number of methoxy groups -OCH3 is 1. The second-order valence-corrected chi connectivity index (χ2v) is 6.36. The van der Waals surface area contributed by atoms with Crippen LogP contribution in [0.5, 0.6) is 0 Å². The summed E-state index contributed by atoms with van der Waals surface area (Å²) in [5, 5.41) is 0. The van der Waals surface area contributed by atoms with Gasteiger partial charge in [0.2, 0.25) is 0 Å². The molecule has 0 aromatic heterocycles. The molecule has 0 aliphatic carbocycles. The number of piperidine rings is 1. The second-order valence-electron chi connectivity index (χ2n) is 6.36. The molecule has 1 fully saturated rings. The minimum Gasteiger partial charge on any atom is -0.444 e. The Labute approximate surface area is 122 Å². The number of ether oxygens (including phenoxy) is 3. The maximum absolute atomic E-state index is 12.0. The van der Waals surface area contributed by atoms with Gasteiger partial charge in [0.25, 0.3) is 0 Å². The Bertz CT molecular complexity index is 288. The zero-order valence-electron chi connectivity index (χ0n) is 13.3. The van der Waals surface area contributed by atoms with Crippen molar-refractivity contribution in [3.05, 3.63) is 0 Å². The van der Waals surface area contributed by atoms with Crippen LogP contribution in [0.25, 0.3) is 0 Å². The van der Waals surface area contributed by atoms with Gasteiger partial charge in [0.1, 0.15) is 5.60 Å². The van der Waals surface area contributed by atoms with Crippen LogP contribution in [0.15, 0.2) is 0 Å². The lowest BCUT2D eigenvalue weighted by atomic mass is 9.99. The fraction of sp³-hybridized carbons (Fsp3) is 0.933. The van der Waals surface area contributed by atoms with Crippen LogP contribution in [0.3, 0.4) is 0 Å². The largest absolute Gasteiger partial charge is 0.444 e. The summed E-state index contributed by atoms with van der Waals surface area (Å²) in [7, 11) is 1.69. The zero-order valence-corrected chi connectivity index (χ0v) is 13.3. The molecule has 0 saturated carbocycles. The normalized spacial score (nSPS) is 20.0. The molecule has 1 rings (SSSR count). The Hall–Kier alpha value is -0.810. The monoisotopic (exact) mass is 287 g/mol. The van der Waals surface area contributed by atoms with Gasteiger partial charge in [-0.1, -0.05) is 0 Å². The molecule has 0 bridgehead atoms. The molecule has 20 heavy (non-hydrogen) atoms. The zero-order chi connectivity index (χ0) is 15.0. The van der Waals surface area contributed by atoms with E-state index in [1.165, 1.54) is 0 Å². The number of likely N-dealkylation sites (tertiary alicyclic amines) is 1. The van der Waals surface area contributed by atoms with Crippen LogP contribution in [0.4, 0.5) is 4.79 Å². The van der Waals surface area contributed by atoms with Crippen molar-refractivity contribution in [1.29, 1.82) is 0 Å². The van der Waals surface area contributed by atoms with Gasteiger partial charge in [-0.3, -0.25) is 0 Å². The van der Waals surface area contributed by atoms with Crippen molar-refractivity contribution >= 4 is 6.09 Å². The van der Waals surface area contributed by atoms with E-state index in [4.69, 9.17) is 14.2 Å². The first-order valence-electron chi connectivity index (χ1n) is 7.47. The van der Waals surface area contributed by atoms with E-state index in [0.717, 1.165) is 45.6 Å². The average Bonchev–Trinajstić information content (AvgIpc) is 2.37. The van der Waals surface area contributed by atoms with E-state index in [-0.39, 0.29) is 6.09 Å². The van der Waals surface area contributed by atoms with Crippen molar-refractivity contribution in [3.63, 3.8) is 0 Å². The minimum atomic E-state index is -0.430. The highest BCUT2D eigenvalue weighted by atomic mass is 16.6. The number of hydrogen-bond donors (Lipinski definition) is 0. The first-order chi connectivity index (χ1) is 9.42. The van der Waals surface area contributed by atoms with Gasteiger partial charge >= 0.3 is 6.09 Å². The van der Waals surface area contributed by atoms with Crippen LogP contribution in [0, 0.1) is 5.92 Å². The van der Waals surface area contributed by atoms with Crippen LogP contribution in [-0.4, -0.2) is 56.6 Å². The third kappa shape index (κ3) is 7.10. The molecule has 0 spiro atoms. The van der Waals surface area contributed by atoms with E-state index in [1.807, 2.05) is 20.8 Å². The number of amides is 1. The maximum Gasteiger partial charge on any atom is 0.410 e. The topological polar surface area (TPSA) is 48.0 Å². The molecule has 0 radical (unpaired) electrons. The van der Waals surface area contributed by atoms with E-state index < -0.39 is 5.60 Å². The van der Waals surface area contributed by atoms with E-state index in [0.29, 0.717) is 12.5 Å². The SMILES string of the molecule is COCCCOC[C@H]1CCCN(C(=O)OC(C)(C)C)C1. The lowest BCUT2D eigenvalue weighted by Crippen LogP contribution is -2.43. The van der Waals surface area contributed by atoms with Crippen molar-refractivity contribution in [1.82, 2.24) is 4.90 Å². The Morgan fingerprint density at radius 1 is 1.30 bits per heavy atom. The van der Waals surface area contributed by atoms with Crippen molar-refractivity contribution in [2.75, 3.05) is 40.0 Å². The third-order valence-electron chi connectivity index (χ3n) is 3.16. The lowest BCUT2D eigenvalue weighted by molar-refractivity contribution is 0.00636. The molecule has 1 amide bonds. The number of hydrogen-bond acceptors (Lipinski definition) is 4. The standard InChI is InChI=1S/C15H29NO4/c1-15(2,3)20-14(17)16-8-5-7-13(11-16)12-19-10-6-9-18-4/h13H,5-12H2,1-4H3/t13-/m0/s1. The van der Waals surface area contributed by atoms with Crippen molar-refractivity contribution < 1.29 is 19.0 Å². The summed E-state index contributed by atoms with van der Waals surface area (Å²) < 4.78 is 16.0. The van der Waals surface area contributed by atoms with Crippen molar-refractivity contribution in [2.45, 2.75) is 45.6 Å². The summed E-state index contributed by atoms with van der Waals surface area (Å²) in [4.78, 5) is 13.8. The highest BCUT2D eigenvalue weighted by Crippen LogP contribution is 2.19. The number of carbonyl (C=O) groups excluding carboxylic acids is 1. The molecule has 1 aliphatic heterocycles. The Kier molecular flexibility index (Phi) is 7.30. The molecule has 1 atom stereocenters. The van der Waals surface area contributed by atoms with Crippen molar-refractivity contribution in [2.24, 2.45) is 5.92 Å². The third-order valence-corrected chi connectivity index (χ3v) is 3.16. The van der Waals surface area contributed by atoms with Crippen LogP contribution < -0.4 is 0 Å². The number of nitrogens with zero attached hydrogens (tertiary/aromatic N) is 1. The van der Waals surface area contributed by atoms with Gasteiger partial charge in [-0.15, -0.1) is 0 Å². The maximum atomic E-state index is 12.0. The predicted molar refractivity (Wildman–Crippen MR) is 77.8 cm³/mol. The molecule has 5 heteroatoms. The van der Waals surface area contributed by atoms with Gasteiger partial charge < -0.3 is 19.1 Å². The summed E-state index contributed by atoms with van der Waals surface area (Å²) in [5.41, 5.74) is -0.430. The van der Waals surface area contributed by atoms with Crippen LogP contribution >= 0.6 is 0 Å². The van der Waals surface area contributed by atoms with Crippen molar-refractivity contribution in [3.8, 4) is 0 Å². The Balaban J connectivity index is 2.26. The van der Waals surface area contributed by atoms with Gasteiger partial charge in [0.05, 0.1) is 6.61 Å². The quantitative estimate of drug-likeness (QED) is 0.705. The van der Waals surface area contributed by atoms with Gasteiger partial charge in [-0.25, -0.2) is 4.79 Å². The first kappa shape index (κ1) is 17.2. The molecule has 1 aliphatic rings. The summed E-state index contributed by atoms with van der Waals surface area (Å²) in [6, 6.07) is 0. The van der Waals surface area contributed by atoms with Gasteiger partial charge in [-0.05, 0) is 40.0 Å². The molecule has 0 aromatic carbocycles. The highest BCUT2D eigenvalue weighted by molar-refractivity contribution is 5.68. The summed E-state index contributed by atoms with van der Waals surface area (Å²) in [6.07, 6.45) is 2.84. The molecular formula is C15H29NO4. The van der Waals surface area contributed by atoms with Crippen LogP contribution in [-0.2, 0) is 14.2 Å². The molecule has 0 aromatic rings. The highest BCUT2D eigenvalue weighted by Gasteiger charge is 2.27. The minimum absolute atomic E-state index is 0.207. The van der Waals surface area contributed by atoms with Crippen LogP contribution in [0.1, 0.15) is 40.0 Å². The average molecular weight is 287 g/mol. The Morgan fingerprint density at radius 3 is 2.70 bits per heavy atom. The van der Waals surface area contributed by atoms with Gasteiger partial charge in [0, 0.05) is 39.3 Å². The predicted octanol–water partition coefficient (Wildman–Crippen LogP) is 2.69. The molecule has 0 N–H and O–H groups in total. The molecular weight excluding hydrogens is 258 g/mol. The van der Waals surface area contributed by atoms with Crippen LogP contribution in [0.2, 0.25) is 0 Å². The summed E-state index contributed by atoms with van der Waals surface area (Å²) in [6.45, 7) is 9.37. The fourth-order valence-corrected chi connectivity index (χ4v) is 2.25. The van der Waals surface area contributed by atoms with E-state index >= 15 is 0 Å². The number of carbonyl (C=O) groups is 1. The molecule has 0 unspecified atom stereocenters. The van der Waals surface area contributed by atoms with E-state index in [9.17, 15) is 4.79 Å². The van der Waals surface area contributed by atoms with E-state index in [2.05, 4.69) is 0 Å². The Morgan fingerprint density at radius 2 is 2.05 bits per heavy atom. The number of rotatable bonds is 6. The lowest BCUT2D eigenvalue weighted by Gasteiger charge is -2.34. The molecule has 1 heterocycles. The summed E-state index contributed by atoms with van der Waals surface area (Å²) in [5.74, 6) is 0.416. The summed E-state index contributed by atoms with van der Waals surface area (Å²) >= 11 is 0. The van der Waals surface area contributed by atoms with Gasteiger partial charge in [0.15, 0.2) is 0 Å². The smallest absolute Gasteiger partial charge is 0.410 e. The fourth-order valence-electron chi connectivity index (χ4n) is 2.25.